The van der Waals surface area contributed by atoms with Crippen molar-refractivity contribution in [1.82, 2.24) is 4.81 Å². The Labute approximate surface area is 78.3 Å². The average Bonchev–Trinajstić information content (AvgIpc) is 2.46. The number of rotatable bonds is 1. The van der Waals surface area contributed by atoms with Crippen molar-refractivity contribution in [3.05, 3.63) is 29.3 Å². The molecule has 0 spiro atoms. The maximum atomic E-state index is 9.39. The highest BCUT2D eigenvalue weighted by atomic mass is 16.2. The van der Waals surface area contributed by atoms with Gasteiger partial charge in [-0.05, 0) is 30.1 Å². The second kappa shape index (κ2) is 3.05. The van der Waals surface area contributed by atoms with Crippen molar-refractivity contribution in [3.8, 4) is 0 Å². The van der Waals surface area contributed by atoms with E-state index in [1.54, 1.807) is 6.82 Å². The molecule has 13 heavy (non-hydrogen) atoms. The van der Waals surface area contributed by atoms with Crippen LogP contribution in [0.5, 0.6) is 0 Å². The quantitative estimate of drug-likeness (QED) is 0.489. The summed E-state index contributed by atoms with van der Waals surface area (Å²) in [5.74, 6) is 0. The summed E-state index contributed by atoms with van der Waals surface area (Å²) in [7, 11) is -0.381. The zero-order chi connectivity index (χ0) is 9.42. The first-order chi connectivity index (χ1) is 6.16. The molecule has 1 heterocycles. The van der Waals surface area contributed by atoms with Gasteiger partial charge in [-0.25, -0.2) is 0 Å². The van der Waals surface area contributed by atoms with Crippen LogP contribution in [-0.4, -0.2) is 16.9 Å². The van der Waals surface area contributed by atoms with E-state index < -0.39 is 0 Å². The average molecular weight is 176 g/mol. The molecule has 1 aliphatic rings. The second-order valence-electron chi connectivity index (χ2n) is 3.56. The molecule has 0 aliphatic carbocycles. The molecular weight excluding hydrogens is 163 g/mol. The fourth-order valence-corrected chi connectivity index (χ4v) is 1.71. The Bertz CT molecular complexity index is 327. The first kappa shape index (κ1) is 8.60. The Morgan fingerprint density at radius 1 is 1.38 bits per heavy atom. The topological polar surface area (TPSA) is 49.5 Å². The minimum atomic E-state index is -0.381. The van der Waals surface area contributed by atoms with Crippen molar-refractivity contribution in [2.45, 2.75) is 19.9 Å². The molecule has 1 aromatic carbocycles. The second-order valence-corrected chi connectivity index (χ2v) is 3.56. The first-order valence-electron chi connectivity index (χ1n) is 4.46. The molecule has 68 valence electrons. The van der Waals surface area contributed by atoms with Crippen LogP contribution in [-0.2, 0) is 13.1 Å². The zero-order valence-corrected chi connectivity index (χ0v) is 7.70. The summed E-state index contributed by atoms with van der Waals surface area (Å²) >= 11 is 0. The first-order valence-corrected chi connectivity index (χ1v) is 4.46. The summed E-state index contributed by atoms with van der Waals surface area (Å²) in [4.78, 5) is 2.00. The molecule has 0 bridgehead atoms. The van der Waals surface area contributed by atoms with Gasteiger partial charge in [0.25, 0.3) is 0 Å². The molecule has 3 nitrogen and oxygen atoms in total. The lowest BCUT2D eigenvalue weighted by Crippen LogP contribution is -2.31. The van der Waals surface area contributed by atoms with Gasteiger partial charge in [0.2, 0.25) is 0 Å². The molecule has 0 unspecified atom stereocenters. The standard InChI is InChI=1S/C9H13BN2O/c1-10(13)12-5-7-2-3-9(11)4-8(7)6-12/h2-4,13H,5-6,11H2,1H3. The van der Waals surface area contributed by atoms with Crippen LogP contribution in [0.15, 0.2) is 18.2 Å². The molecule has 4 heteroatoms. The molecule has 0 amide bonds. The Kier molecular flexibility index (Phi) is 2.02. The van der Waals surface area contributed by atoms with Crippen LogP contribution in [0.4, 0.5) is 5.69 Å². The van der Waals surface area contributed by atoms with Crippen LogP contribution < -0.4 is 5.73 Å². The third-order valence-electron chi connectivity index (χ3n) is 2.51. The van der Waals surface area contributed by atoms with E-state index in [2.05, 4.69) is 0 Å². The Morgan fingerprint density at radius 2 is 2.08 bits per heavy atom. The predicted octanol–water partition coefficient (Wildman–Crippen LogP) is 0.695. The van der Waals surface area contributed by atoms with Crippen LogP contribution in [0.2, 0.25) is 6.82 Å². The van der Waals surface area contributed by atoms with Crippen molar-refractivity contribution in [1.29, 1.82) is 0 Å². The van der Waals surface area contributed by atoms with E-state index in [-0.39, 0.29) is 7.05 Å². The van der Waals surface area contributed by atoms with E-state index in [9.17, 15) is 5.02 Å². The molecule has 0 radical (unpaired) electrons. The van der Waals surface area contributed by atoms with Gasteiger partial charge in [-0.15, -0.1) is 0 Å². The van der Waals surface area contributed by atoms with Gasteiger partial charge in [0.15, 0.2) is 0 Å². The lowest BCUT2D eigenvalue weighted by Gasteiger charge is -2.14. The van der Waals surface area contributed by atoms with E-state index in [0.717, 1.165) is 18.8 Å². The van der Waals surface area contributed by atoms with Crippen molar-refractivity contribution >= 4 is 12.7 Å². The summed E-state index contributed by atoms with van der Waals surface area (Å²) in [6.07, 6.45) is 0. The lowest BCUT2D eigenvalue weighted by atomic mass is 9.86. The summed E-state index contributed by atoms with van der Waals surface area (Å²) in [5, 5.41) is 9.39. The highest BCUT2D eigenvalue weighted by molar-refractivity contribution is 6.45. The molecule has 0 saturated heterocycles. The molecule has 3 N–H and O–H groups in total. The van der Waals surface area contributed by atoms with E-state index >= 15 is 0 Å². The third kappa shape index (κ3) is 1.55. The van der Waals surface area contributed by atoms with Crippen LogP contribution in [0.25, 0.3) is 0 Å². The molecular formula is C9H13BN2O. The van der Waals surface area contributed by atoms with Crippen LogP contribution in [0.3, 0.4) is 0 Å². The Balaban J connectivity index is 2.25. The van der Waals surface area contributed by atoms with E-state index in [4.69, 9.17) is 5.73 Å². The maximum absolute atomic E-state index is 9.39. The molecule has 0 aromatic heterocycles. The van der Waals surface area contributed by atoms with E-state index in [0.29, 0.717) is 0 Å². The van der Waals surface area contributed by atoms with Crippen molar-refractivity contribution in [3.63, 3.8) is 0 Å². The van der Waals surface area contributed by atoms with Crippen molar-refractivity contribution in [2.24, 2.45) is 0 Å². The largest absolute Gasteiger partial charge is 0.437 e. The van der Waals surface area contributed by atoms with Gasteiger partial charge in [0, 0.05) is 18.8 Å². The Morgan fingerprint density at radius 3 is 2.77 bits per heavy atom. The van der Waals surface area contributed by atoms with Gasteiger partial charge in [-0.3, -0.25) is 0 Å². The SMILES string of the molecule is CB(O)N1Cc2ccc(N)cc2C1. The van der Waals surface area contributed by atoms with Gasteiger partial charge >= 0.3 is 7.05 Å². The predicted molar refractivity (Wildman–Crippen MR) is 53.9 cm³/mol. The number of nitrogen functional groups attached to an aromatic ring is 1. The van der Waals surface area contributed by atoms with Crippen molar-refractivity contribution in [2.75, 3.05) is 5.73 Å². The summed E-state index contributed by atoms with van der Waals surface area (Å²) in [5.41, 5.74) is 8.98. The van der Waals surface area contributed by atoms with Crippen molar-refractivity contribution < 1.29 is 5.02 Å². The molecule has 1 aromatic rings. The van der Waals surface area contributed by atoms with E-state index in [1.807, 2.05) is 23.0 Å². The van der Waals surface area contributed by atoms with Crippen LogP contribution >= 0.6 is 0 Å². The van der Waals surface area contributed by atoms with Gasteiger partial charge in [0.05, 0.1) is 0 Å². The fourth-order valence-electron chi connectivity index (χ4n) is 1.71. The highest BCUT2D eigenvalue weighted by Gasteiger charge is 2.24. The maximum Gasteiger partial charge on any atom is 0.376 e. The number of benzene rings is 1. The zero-order valence-electron chi connectivity index (χ0n) is 7.70. The Hall–Kier alpha value is -0.995. The highest BCUT2D eigenvalue weighted by Crippen LogP contribution is 2.24. The molecule has 1 aliphatic heterocycles. The fraction of sp³-hybridized carbons (Fsp3) is 0.333. The minimum Gasteiger partial charge on any atom is -0.437 e. The summed E-state index contributed by atoms with van der Waals surface area (Å²) < 4.78 is 0. The number of hydrogen-bond acceptors (Lipinski definition) is 3. The molecule has 0 fully saturated rings. The molecule has 0 atom stereocenters. The van der Waals surface area contributed by atoms with Gasteiger partial charge in [0.1, 0.15) is 0 Å². The van der Waals surface area contributed by atoms with E-state index in [1.165, 1.54) is 11.1 Å². The van der Waals surface area contributed by atoms with Gasteiger partial charge in [-0.2, -0.15) is 0 Å². The molecule has 2 rings (SSSR count). The summed E-state index contributed by atoms with van der Waals surface area (Å²) in [6, 6.07) is 5.93. The van der Waals surface area contributed by atoms with Crippen LogP contribution in [0.1, 0.15) is 11.1 Å². The number of hydrogen-bond donors (Lipinski definition) is 2. The summed E-state index contributed by atoms with van der Waals surface area (Å²) in [6.45, 7) is 3.42. The minimum absolute atomic E-state index is 0.381. The normalized spacial score (nSPS) is 15.8. The van der Waals surface area contributed by atoms with Crippen LogP contribution in [0, 0.1) is 0 Å². The number of nitrogens with zero attached hydrogens (tertiary/aromatic N) is 1. The monoisotopic (exact) mass is 176 g/mol. The smallest absolute Gasteiger partial charge is 0.376 e. The van der Waals surface area contributed by atoms with Gasteiger partial charge < -0.3 is 15.6 Å². The third-order valence-corrected chi connectivity index (χ3v) is 2.51. The lowest BCUT2D eigenvalue weighted by molar-refractivity contribution is 0.380. The number of anilines is 1. The molecule has 0 saturated carbocycles. The number of nitrogens with two attached hydrogens (primary N) is 1. The number of fused-ring (bicyclic) bond motifs is 1. The van der Waals surface area contributed by atoms with Gasteiger partial charge in [-0.1, -0.05) is 6.07 Å².